The maximum absolute atomic E-state index is 12.5. The minimum Gasteiger partial charge on any atom is -0.297 e. The van der Waals surface area contributed by atoms with Crippen LogP contribution in [0.3, 0.4) is 0 Å². The van der Waals surface area contributed by atoms with Gasteiger partial charge in [-0.3, -0.25) is 9.20 Å². The Kier molecular flexibility index (Phi) is 2.67. The zero-order chi connectivity index (χ0) is 13.4. The topological polar surface area (TPSA) is 34.4 Å². The van der Waals surface area contributed by atoms with Crippen molar-refractivity contribution in [3.63, 3.8) is 0 Å². The molecule has 0 amide bonds. The Balaban J connectivity index is 2.09. The van der Waals surface area contributed by atoms with Crippen molar-refractivity contribution in [3.05, 3.63) is 71.2 Å². The summed E-state index contributed by atoms with van der Waals surface area (Å²) in [5.41, 5.74) is 4.36. The van der Waals surface area contributed by atoms with Crippen LogP contribution in [0.2, 0.25) is 0 Å². The van der Waals surface area contributed by atoms with Crippen LogP contribution in [0.25, 0.3) is 5.65 Å². The van der Waals surface area contributed by atoms with E-state index < -0.39 is 0 Å². The van der Waals surface area contributed by atoms with E-state index in [0.29, 0.717) is 11.3 Å². The summed E-state index contributed by atoms with van der Waals surface area (Å²) in [6, 6.07) is 11.5. The number of aryl methyl sites for hydroxylation is 2. The van der Waals surface area contributed by atoms with E-state index in [4.69, 9.17) is 0 Å². The molecule has 3 rings (SSSR count). The number of rotatable bonds is 2. The number of imidazole rings is 1. The summed E-state index contributed by atoms with van der Waals surface area (Å²) < 4.78 is 1.83. The molecule has 0 fully saturated rings. The lowest BCUT2D eigenvalue weighted by molar-refractivity contribution is 0.103. The van der Waals surface area contributed by atoms with Gasteiger partial charge in [-0.1, -0.05) is 29.8 Å². The maximum Gasteiger partial charge on any atom is 0.211 e. The molecule has 0 saturated carbocycles. The molecule has 19 heavy (non-hydrogen) atoms. The number of fused-ring (bicyclic) bond motifs is 1. The van der Waals surface area contributed by atoms with Gasteiger partial charge in [-0.2, -0.15) is 0 Å². The van der Waals surface area contributed by atoms with Crippen LogP contribution in [0, 0.1) is 13.8 Å². The standard InChI is InChI=1S/C16H14N2O/c1-11-3-5-13(6-4-11)16(19)14-10-17-15-9-12(2)7-8-18(14)15/h3-10H,1-2H3. The first-order chi connectivity index (χ1) is 9.15. The van der Waals surface area contributed by atoms with Crippen LogP contribution in [0.1, 0.15) is 27.2 Å². The highest BCUT2D eigenvalue weighted by Gasteiger charge is 2.13. The second kappa shape index (κ2) is 4.35. The summed E-state index contributed by atoms with van der Waals surface area (Å²) in [4.78, 5) is 16.7. The molecule has 0 radical (unpaired) electrons. The highest BCUT2D eigenvalue weighted by atomic mass is 16.1. The van der Waals surface area contributed by atoms with Gasteiger partial charge in [0, 0.05) is 11.8 Å². The van der Waals surface area contributed by atoms with Gasteiger partial charge >= 0.3 is 0 Å². The molecule has 3 heteroatoms. The monoisotopic (exact) mass is 250 g/mol. The Morgan fingerprint density at radius 3 is 2.53 bits per heavy atom. The maximum atomic E-state index is 12.5. The van der Waals surface area contributed by atoms with Gasteiger partial charge in [0.25, 0.3) is 0 Å². The van der Waals surface area contributed by atoms with Crippen molar-refractivity contribution in [1.82, 2.24) is 9.38 Å². The third-order valence-electron chi connectivity index (χ3n) is 3.22. The van der Waals surface area contributed by atoms with Gasteiger partial charge in [0.2, 0.25) is 5.78 Å². The van der Waals surface area contributed by atoms with Crippen LogP contribution in [0.5, 0.6) is 0 Å². The van der Waals surface area contributed by atoms with Crippen molar-refractivity contribution in [3.8, 4) is 0 Å². The summed E-state index contributed by atoms with van der Waals surface area (Å²) in [6.45, 7) is 4.02. The zero-order valence-corrected chi connectivity index (χ0v) is 10.9. The van der Waals surface area contributed by atoms with Gasteiger partial charge in [-0.05, 0) is 31.5 Å². The lowest BCUT2D eigenvalue weighted by atomic mass is 10.1. The number of hydrogen-bond acceptors (Lipinski definition) is 2. The Labute approximate surface area is 111 Å². The van der Waals surface area contributed by atoms with E-state index >= 15 is 0 Å². The summed E-state index contributed by atoms with van der Waals surface area (Å²) >= 11 is 0. The van der Waals surface area contributed by atoms with Crippen molar-refractivity contribution in [2.24, 2.45) is 0 Å². The van der Waals surface area contributed by atoms with Gasteiger partial charge in [0.1, 0.15) is 11.3 Å². The Morgan fingerprint density at radius 2 is 1.79 bits per heavy atom. The van der Waals surface area contributed by atoms with Crippen LogP contribution >= 0.6 is 0 Å². The number of benzene rings is 1. The zero-order valence-electron chi connectivity index (χ0n) is 10.9. The largest absolute Gasteiger partial charge is 0.297 e. The van der Waals surface area contributed by atoms with Crippen LogP contribution in [-0.2, 0) is 0 Å². The van der Waals surface area contributed by atoms with E-state index in [9.17, 15) is 4.79 Å². The van der Waals surface area contributed by atoms with E-state index in [1.165, 1.54) is 0 Å². The normalized spacial score (nSPS) is 10.8. The fraction of sp³-hybridized carbons (Fsp3) is 0.125. The molecular weight excluding hydrogens is 236 g/mol. The van der Waals surface area contributed by atoms with Gasteiger partial charge in [0.05, 0.1) is 6.20 Å². The number of hydrogen-bond donors (Lipinski definition) is 0. The Morgan fingerprint density at radius 1 is 1.05 bits per heavy atom. The first-order valence-corrected chi connectivity index (χ1v) is 6.20. The van der Waals surface area contributed by atoms with Crippen molar-refractivity contribution < 1.29 is 4.79 Å². The number of ketones is 1. The minimum atomic E-state index is -0.00338. The highest BCUT2D eigenvalue weighted by Crippen LogP contribution is 2.14. The van der Waals surface area contributed by atoms with Crippen molar-refractivity contribution in [2.75, 3.05) is 0 Å². The molecule has 1 aromatic carbocycles. The molecule has 2 aromatic heterocycles. The lowest BCUT2D eigenvalue weighted by Gasteiger charge is -2.02. The van der Waals surface area contributed by atoms with Crippen molar-refractivity contribution >= 4 is 11.4 Å². The molecule has 0 aliphatic heterocycles. The number of pyridine rings is 1. The highest BCUT2D eigenvalue weighted by molar-refractivity contribution is 6.08. The predicted octanol–water partition coefficient (Wildman–Crippen LogP) is 3.18. The van der Waals surface area contributed by atoms with E-state index in [2.05, 4.69) is 4.98 Å². The van der Waals surface area contributed by atoms with E-state index in [0.717, 1.165) is 16.8 Å². The molecule has 0 saturated heterocycles. The van der Waals surface area contributed by atoms with Crippen LogP contribution in [-0.4, -0.2) is 15.2 Å². The summed E-state index contributed by atoms with van der Waals surface area (Å²) in [7, 11) is 0. The van der Waals surface area contributed by atoms with Crippen molar-refractivity contribution in [1.29, 1.82) is 0 Å². The number of aromatic nitrogens is 2. The smallest absolute Gasteiger partial charge is 0.211 e. The molecule has 0 atom stereocenters. The molecule has 0 aliphatic carbocycles. The first kappa shape index (κ1) is 11.7. The molecule has 0 spiro atoms. The Bertz CT molecular complexity index is 754. The second-order valence-electron chi connectivity index (χ2n) is 4.77. The number of nitrogens with zero attached hydrogens (tertiary/aromatic N) is 2. The van der Waals surface area contributed by atoms with Gasteiger partial charge in [-0.25, -0.2) is 4.98 Å². The third kappa shape index (κ3) is 2.03. The van der Waals surface area contributed by atoms with Gasteiger partial charge < -0.3 is 0 Å². The quantitative estimate of drug-likeness (QED) is 0.655. The van der Waals surface area contributed by atoms with Crippen LogP contribution in [0.4, 0.5) is 0 Å². The molecule has 0 unspecified atom stereocenters. The second-order valence-corrected chi connectivity index (χ2v) is 4.77. The summed E-state index contributed by atoms with van der Waals surface area (Å²) in [5.74, 6) is -0.00338. The SMILES string of the molecule is Cc1ccc(C(=O)c2cnc3cc(C)ccn23)cc1. The van der Waals surface area contributed by atoms with Crippen LogP contribution in [0.15, 0.2) is 48.8 Å². The van der Waals surface area contributed by atoms with Gasteiger partial charge in [0.15, 0.2) is 0 Å². The average molecular weight is 250 g/mol. The molecule has 3 nitrogen and oxygen atoms in total. The first-order valence-electron chi connectivity index (χ1n) is 6.20. The van der Waals surface area contributed by atoms with E-state index in [1.807, 2.05) is 60.8 Å². The average Bonchev–Trinajstić information content (AvgIpc) is 2.81. The number of carbonyl (C=O) groups excluding carboxylic acids is 1. The van der Waals surface area contributed by atoms with Gasteiger partial charge in [-0.15, -0.1) is 0 Å². The molecular formula is C16H14N2O. The van der Waals surface area contributed by atoms with Crippen LogP contribution < -0.4 is 0 Å². The minimum absolute atomic E-state index is 0.00338. The molecule has 0 N–H and O–H groups in total. The molecule has 0 bridgehead atoms. The lowest BCUT2D eigenvalue weighted by Crippen LogP contribution is -2.05. The molecule has 2 heterocycles. The fourth-order valence-electron chi connectivity index (χ4n) is 2.10. The molecule has 0 aliphatic rings. The van der Waals surface area contributed by atoms with E-state index in [-0.39, 0.29) is 5.78 Å². The Hall–Kier alpha value is -2.42. The predicted molar refractivity (Wildman–Crippen MR) is 74.5 cm³/mol. The number of carbonyl (C=O) groups is 1. The molecule has 3 aromatic rings. The summed E-state index contributed by atoms with van der Waals surface area (Å²) in [6.07, 6.45) is 3.52. The third-order valence-corrected chi connectivity index (χ3v) is 3.22. The molecule has 94 valence electrons. The summed E-state index contributed by atoms with van der Waals surface area (Å²) in [5, 5.41) is 0. The van der Waals surface area contributed by atoms with Crippen molar-refractivity contribution in [2.45, 2.75) is 13.8 Å². The van der Waals surface area contributed by atoms with E-state index in [1.54, 1.807) is 6.20 Å². The fourth-order valence-corrected chi connectivity index (χ4v) is 2.10.